The predicted molar refractivity (Wildman–Crippen MR) is 140 cm³/mol. The van der Waals surface area contributed by atoms with Gasteiger partial charge in [0.25, 0.3) is 0 Å². The van der Waals surface area contributed by atoms with E-state index in [1.54, 1.807) is 12.1 Å². The van der Waals surface area contributed by atoms with Gasteiger partial charge >= 0.3 is 7.60 Å². The molecule has 4 heterocycles. The summed E-state index contributed by atoms with van der Waals surface area (Å²) in [6.07, 6.45) is -0.589. The topological polar surface area (TPSA) is 243 Å². The Labute approximate surface area is 238 Å². The van der Waals surface area contributed by atoms with E-state index in [9.17, 15) is 29.7 Å². The van der Waals surface area contributed by atoms with Gasteiger partial charge in [-0.25, -0.2) is 4.52 Å². The molecule has 226 valence electrons. The molecule has 1 aliphatic carbocycles. The summed E-state index contributed by atoms with van der Waals surface area (Å²) in [5.41, 5.74) is 0.959. The molecule has 19 heteroatoms. The average Bonchev–Trinajstić information content (AvgIpc) is 3.74. The SMILES string of the molecule is O=P(O)(O)[C@@](CO)(COCc1nn[nH]n1)OC[C@H]1O[C@@H](c2ccc3c(NCC4CCCC4)nc(Cl)nn23)[C@H](O)[C@@H]1O. The summed E-state index contributed by atoms with van der Waals surface area (Å²) in [4.78, 5) is 24.2. The Balaban J connectivity index is 1.29. The third-order valence-corrected chi connectivity index (χ3v) is 9.06. The van der Waals surface area contributed by atoms with Gasteiger partial charge in [0.1, 0.15) is 36.5 Å². The maximum absolute atomic E-state index is 12.3. The second-order valence-electron chi connectivity index (χ2n) is 10.2. The Morgan fingerprint density at radius 2 is 2.02 bits per heavy atom. The summed E-state index contributed by atoms with van der Waals surface area (Å²) in [5.74, 6) is 1.17. The predicted octanol–water partition coefficient (Wildman–Crippen LogP) is -0.241. The van der Waals surface area contributed by atoms with Crippen LogP contribution >= 0.6 is 19.2 Å². The Morgan fingerprint density at radius 1 is 1.24 bits per heavy atom. The number of aromatic amines is 1. The number of nitrogens with one attached hydrogen (secondary N) is 2. The van der Waals surface area contributed by atoms with Gasteiger partial charge in [0, 0.05) is 6.54 Å². The number of nitrogens with zero attached hydrogens (tertiary/aromatic N) is 6. The Bertz CT molecular complexity index is 1350. The highest BCUT2D eigenvalue weighted by molar-refractivity contribution is 7.53. The van der Waals surface area contributed by atoms with Crippen molar-refractivity contribution in [1.82, 2.24) is 35.2 Å². The van der Waals surface area contributed by atoms with E-state index in [4.69, 9.17) is 25.8 Å². The van der Waals surface area contributed by atoms with Crippen LogP contribution in [0.5, 0.6) is 0 Å². The fourth-order valence-corrected chi connectivity index (χ4v) is 5.94. The van der Waals surface area contributed by atoms with Crippen molar-refractivity contribution in [2.24, 2.45) is 5.92 Å². The smallest absolute Gasteiger partial charge is 0.361 e. The van der Waals surface area contributed by atoms with Crippen molar-refractivity contribution in [2.45, 2.75) is 62.0 Å². The largest absolute Gasteiger partial charge is 0.393 e. The molecule has 0 unspecified atom stereocenters. The highest BCUT2D eigenvalue weighted by Crippen LogP contribution is 2.51. The number of aromatic nitrogens is 7. The van der Waals surface area contributed by atoms with E-state index < -0.39 is 57.2 Å². The molecule has 0 aromatic carbocycles. The van der Waals surface area contributed by atoms with Gasteiger partial charge in [-0.15, -0.1) is 15.3 Å². The first kappa shape index (κ1) is 30.2. The molecule has 0 amide bonds. The van der Waals surface area contributed by atoms with Crippen LogP contribution in [-0.2, 0) is 25.4 Å². The van der Waals surface area contributed by atoms with Gasteiger partial charge in [-0.2, -0.15) is 10.2 Å². The molecule has 1 aliphatic heterocycles. The quantitative estimate of drug-likeness (QED) is 0.122. The third-order valence-electron chi connectivity index (χ3n) is 7.44. The molecular formula is C22H32ClN8O9P. The second-order valence-corrected chi connectivity index (χ2v) is 12.4. The number of ether oxygens (including phenoxy) is 3. The molecule has 0 spiro atoms. The number of halogens is 1. The summed E-state index contributed by atoms with van der Waals surface area (Å²) >= 11 is 6.20. The number of anilines is 1. The molecule has 3 aromatic heterocycles. The van der Waals surface area contributed by atoms with E-state index in [2.05, 4.69) is 36.0 Å². The molecule has 5 atom stereocenters. The number of hydrogen-bond acceptors (Lipinski definition) is 13. The Kier molecular flexibility index (Phi) is 9.20. The summed E-state index contributed by atoms with van der Waals surface area (Å²) < 4.78 is 30.4. The Morgan fingerprint density at radius 3 is 2.71 bits per heavy atom. The second kappa shape index (κ2) is 12.5. The fourth-order valence-electron chi connectivity index (χ4n) is 5.10. The van der Waals surface area contributed by atoms with E-state index in [-0.39, 0.29) is 17.7 Å². The molecule has 0 radical (unpaired) electrons. The molecule has 2 aliphatic rings. The van der Waals surface area contributed by atoms with Crippen LogP contribution in [0.25, 0.3) is 5.52 Å². The van der Waals surface area contributed by atoms with E-state index >= 15 is 0 Å². The minimum Gasteiger partial charge on any atom is -0.393 e. The molecule has 41 heavy (non-hydrogen) atoms. The lowest BCUT2D eigenvalue weighted by Crippen LogP contribution is -2.45. The molecule has 3 aromatic rings. The summed E-state index contributed by atoms with van der Waals surface area (Å²) in [5, 5.41) is 49.5. The molecule has 7 N–H and O–H groups in total. The van der Waals surface area contributed by atoms with E-state index in [1.807, 2.05) is 0 Å². The van der Waals surface area contributed by atoms with Gasteiger partial charge in [0.2, 0.25) is 10.6 Å². The zero-order chi connectivity index (χ0) is 29.2. The van der Waals surface area contributed by atoms with E-state index in [0.29, 0.717) is 22.9 Å². The summed E-state index contributed by atoms with van der Waals surface area (Å²) in [6, 6.07) is 3.39. The number of aliphatic hydroxyl groups is 3. The molecule has 5 rings (SSSR count). The van der Waals surface area contributed by atoms with Gasteiger partial charge in [-0.05, 0) is 42.5 Å². The lowest BCUT2D eigenvalue weighted by atomic mass is 10.1. The monoisotopic (exact) mass is 618 g/mol. The highest BCUT2D eigenvalue weighted by atomic mass is 35.5. The van der Waals surface area contributed by atoms with Crippen molar-refractivity contribution in [1.29, 1.82) is 0 Å². The number of fused-ring (bicyclic) bond motifs is 1. The minimum absolute atomic E-state index is 0.0352. The van der Waals surface area contributed by atoms with Crippen molar-refractivity contribution in [3.8, 4) is 0 Å². The zero-order valence-corrected chi connectivity index (χ0v) is 23.4. The van der Waals surface area contributed by atoms with Crippen LogP contribution in [0.3, 0.4) is 0 Å². The van der Waals surface area contributed by atoms with Crippen LogP contribution in [0.2, 0.25) is 5.28 Å². The summed E-state index contributed by atoms with van der Waals surface area (Å²) in [6.45, 7) is -2.00. The van der Waals surface area contributed by atoms with Crippen molar-refractivity contribution in [3.63, 3.8) is 0 Å². The normalized spacial score (nSPS) is 25.2. The van der Waals surface area contributed by atoms with Crippen molar-refractivity contribution in [2.75, 3.05) is 31.7 Å². The van der Waals surface area contributed by atoms with Crippen molar-refractivity contribution < 1.29 is 43.9 Å². The lowest BCUT2D eigenvalue weighted by molar-refractivity contribution is -0.126. The standard InChI is InChI=1S/C22H32ClN8O9P/c23-21-25-20(24-7-12-3-1-2-4-12)14-6-5-13(31(14)28-21)19-18(34)17(33)15(40-19)8-39-22(10-32,41(35,36)37)11-38-9-16-26-29-30-27-16/h5-6,12,15,17-19,32-34H,1-4,7-11H2,(H,24,25,28)(H2,35,36,37)(H,26,27,29,30)/t15-,17-,18-,19+,22+/m1/s1. The molecule has 0 bridgehead atoms. The molecule has 1 saturated heterocycles. The summed E-state index contributed by atoms with van der Waals surface area (Å²) in [7, 11) is -5.13. The van der Waals surface area contributed by atoms with Gasteiger partial charge in [0.05, 0.1) is 25.5 Å². The zero-order valence-electron chi connectivity index (χ0n) is 21.8. The highest BCUT2D eigenvalue weighted by Gasteiger charge is 2.51. The minimum atomic E-state index is -5.13. The molecule has 2 fully saturated rings. The van der Waals surface area contributed by atoms with Crippen LogP contribution in [0, 0.1) is 5.92 Å². The van der Waals surface area contributed by atoms with Crippen molar-refractivity contribution >= 4 is 30.5 Å². The number of hydrogen-bond donors (Lipinski definition) is 7. The fraction of sp³-hybridized carbons (Fsp3) is 0.682. The number of H-pyrrole nitrogens is 1. The molecular weight excluding hydrogens is 587 g/mol. The molecule has 17 nitrogen and oxygen atoms in total. The maximum Gasteiger partial charge on any atom is 0.361 e. The van der Waals surface area contributed by atoms with Gasteiger partial charge in [-0.3, -0.25) is 4.57 Å². The number of aliphatic hydroxyl groups excluding tert-OH is 3. The van der Waals surface area contributed by atoms with Gasteiger partial charge in [0.15, 0.2) is 11.6 Å². The number of rotatable bonds is 13. The lowest BCUT2D eigenvalue weighted by Gasteiger charge is -2.33. The third kappa shape index (κ3) is 6.39. The van der Waals surface area contributed by atoms with Crippen LogP contribution in [-0.4, -0.2) is 110 Å². The average molecular weight is 619 g/mol. The maximum atomic E-state index is 12.3. The number of tetrazole rings is 1. The van der Waals surface area contributed by atoms with Gasteiger partial charge in [-0.1, -0.05) is 18.1 Å². The first-order valence-corrected chi connectivity index (χ1v) is 15.0. The van der Waals surface area contributed by atoms with Crippen molar-refractivity contribution in [3.05, 3.63) is 28.9 Å². The molecule has 1 saturated carbocycles. The van der Waals surface area contributed by atoms with Crippen LogP contribution in [0.1, 0.15) is 43.3 Å². The first-order valence-electron chi connectivity index (χ1n) is 13.0. The first-order chi connectivity index (χ1) is 19.6. The van der Waals surface area contributed by atoms with E-state index in [0.717, 1.165) is 19.4 Å². The Hall–Kier alpha value is -2.31. The van der Waals surface area contributed by atoms with Crippen LogP contribution < -0.4 is 5.32 Å². The van der Waals surface area contributed by atoms with E-state index in [1.165, 1.54) is 17.4 Å². The van der Waals surface area contributed by atoms with Crippen LogP contribution in [0.4, 0.5) is 5.82 Å². The van der Waals surface area contributed by atoms with Crippen LogP contribution in [0.15, 0.2) is 12.1 Å². The van der Waals surface area contributed by atoms with Gasteiger partial charge < -0.3 is 44.6 Å².